The second-order valence-corrected chi connectivity index (χ2v) is 8.32. The van der Waals surface area contributed by atoms with Crippen LogP contribution in [0.1, 0.15) is 64.2 Å². The number of thioether (sulfide) groups is 1. The second kappa shape index (κ2) is 6.49. The van der Waals surface area contributed by atoms with Crippen molar-refractivity contribution in [2.24, 2.45) is 5.41 Å². The number of rotatable bonds is 6. The average Bonchev–Trinajstić information content (AvgIpc) is 3.14. The summed E-state index contributed by atoms with van der Waals surface area (Å²) in [5.41, 5.74) is 0.492. The second-order valence-electron chi connectivity index (χ2n) is 7.29. The van der Waals surface area contributed by atoms with Crippen molar-refractivity contribution in [2.75, 3.05) is 18.6 Å². The molecule has 21 heavy (non-hydrogen) atoms. The Balaban J connectivity index is 1.38. The third kappa shape index (κ3) is 3.95. The van der Waals surface area contributed by atoms with Crippen LogP contribution in [-0.4, -0.2) is 36.3 Å². The fourth-order valence-corrected chi connectivity index (χ4v) is 5.35. The lowest BCUT2D eigenvalue weighted by molar-refractivity contribution is -0.141. The normalized spacial score (nSPS) is 29.5. The fraction of sp³-hybridized carbons (Fsp3) is 0.941. The van der Waals surface area contributed by atoms with E-state index in [1.165, 1.54) is 64.9 Å². The predicted molar refractivity (Wildman–Crippen MR) is 85.5 cm³/mol. The third-order valence-corrected chi connectivity index (χ3v) is 6.94. The van der Waals surface area contributed by atoms with E-state index in [0.29, 0.717) is 12.5 Å². The smallest absolute Gasteiger partial charge is 0.306 e. The first-order valence-corrected chi connectivity index (χ1v) is 9.63. The first kappa shape index (κ1) is 15.7. The monoisotopic (exact) mass is 312 g/mol. The molecule has 3 aliphatic rings. The highest BCUT2D eigenvalue weighted by atomic mass is 32.2. The number of esters is 1. The Morgan fingerprint density at radius 3 is 2.62 bits per heavy atom. The number of hydrogen-bond donors (Lipinski definition) is 0. The number of carbonyl (C=O) groups is 1. The largest absolute Gasteiger partial charge is 0.469 e. The Hall–Kier alpha value is -0.220. The molecule has 2 saturated carbocycles. The van der Waals surface area contributed by atoms with Crippen LogP contribution in [0.2, 0.25) is 0 Å². The first-order valence-electron chi connectivity index (χ1n) is 8.48. The number of hydrogen-bond acceptors (Lipinski definition) is 4. The van der Waals surface area contributed by atoms with Crippen molar-refractivity contribution in [3.8, 4) is 0 Å². The molecular formula is C17H28O3S. The van der Waals surface area contributed by atoms with Crippen LogP contribution in [0.15, 0.2) is 0 Å². The van der Waals surface area contributed by atoms with Gasteiger partial charge >= 0.3 is 5.97 Å². The summed E-state index contributed by atoms with van der Waals surface area (Å²) >= 11 is 1.99. The maximum absolute atomic E-state index is 11.4. The van der Waals surface area contributed by atoms with Crippen LogP contribution in [0.25, 0.3) is 0 Å². The fourth-order valence-electron chi connectivity index (χ4n) is 3.91. The molecule has 3 nitrogen and oxygen atoms in total. The standard InChI is InChI=1S/C17H28O3S/c1-19-15(18)11-16(9-10-16)13-21-12-14-5-8-17(20-14)6-3-2-4-7-17/h14H,2-13H2,1H3. The van der Waals surface area contributed by atoms with Crippen molar-refractivity contribution >= 4 is 17.7 Å². The van der Waals surface area contributed by atoms with Crippen molar-refractivity contribution in [3.63, 3.8) is 0 Å². The maximum Gasteiger partial charge on any atom is 0.306 e. The van der Waals surface area contributed by atoms with Gasteiger partial charge in [-0.2, -0.15) is 11.8 Å². The zero-order valence-electron chi connectivity index (χ0n) is 13.2. The van der Waals surface area contributed by atoms with Gasteiger partial charge in [0, 0.05) is 5.75 Å². The summed E-state index contributed by atoms with van der Waals surface area (Å²) in [5.74, 6) is 2.14. The Morgan fingerprint density at radius 2 is 1.95 bits per heavy atom. The van der Waals surface area contributed by atoms with Crippen molar-refractivity contribution in [1.29, 1.82) is 0 Å². The molecule has 0 aromatic rings. The molecule has 0 aromatic carbocycles. The summed E-state index contributed by atoms with van der Waals surface area (Å²) in [6, 6.07) is 0. The lowest BCUT2D eigenvalue weighted by Gasteiger charge is -2.33. The van der Waals surface area contributed by atoms with Crippen LogP contribution < -0.4 is 0 Å². The van der Waals surface area contributed by atoms with E-state index in [4.69, 9.17) is 9.47 Å². The van der Waals surface area contributed by atoms with Crippen LogP contribution in [0.4, 0.5) is 0 Å². The highest BCUT2D eigenvalue weighted by Gasteiger charge is 2.45. The molecule has 120 valence electrons. The Bertz CT molecular complexity index is 372. The number of methoxy groups -OCH3 is 1. The summed E-state index contributed by atoms with van der Waals surface area (Å²) in [4.78, 5) is 11.4. The van der Waals surface area contributed by atoms with Crippen molar-refractivity contribution in [1.82, 2.24) is 0 Å². The molecule has 0 bridgehead atoms. The lowest BCUT2D eigenvalue weighted by atomic mass is 9.83. The highest BCUT2D eigenvalue weighted by molar-refractivity contribution is 7.99. The van der Waals surface area contributed by atoms with Gasteiger partial charge in [0.25, 0.3) is 0 Å². The molecule has 1 atom stereocenters. The lowest BCUT2D eigenvalue weighted by Crippen LogP contribution is -2.32. The van der Waals surface area contributed by atoms with E-state index in [1.54, 1.807) is 0 Å². The molecule has 0 amide bonds. The Morgan fingerprint density at radius 1 is 1.19 bits per heavy atom. The highest BCUT2D eigenvalue weighted by Crippen LogP contribution is 2.51. The molecule has 1 unspecified atom stereocenters. The molecule has 0 aromatic heterocycles. The van der Waals surface area contributed by atoms with Crippen LogP contribution in [0.5, 0.6) is 0 Å². The molecule has 1 saturated heterocycles. The Labute approximate surface area is 132 Å². The zero-order chi connectivity index (χ0) is 14.8. The van der Waals surface area contributed by atoms with E-state index in [-0.39, 0.29) is 17.0 Å². The van der Waals surface area contributed by atoms with Crippen molar-refractivity contribution in [3.05, 3.63) is 0 Å². The maximum atomic E-state index is 11.4. The van der Waals surface area contributed by atoms with Gasteiger partial charge in [-0.1, -0.05) is 19.3 Å². The predicted octanol–water partition coefficient (Wildman–Crippen LogP) is 3.94. The molecule has 3 fully saturated rings. The zero-order valence-corrected chi connectivity index (χ0v) is 14.0. The summed E-state index contributed by atoms with van der Waals surface area (Å²) in [6.45, 7) is 0. The molecule has 1 heterocycles. The van der Waals surface area contributed by atoms with E-state index in [2.05, 4.69) is 0 Å². The van der Waals surface area contributed by atoms with E-state index in [1.807, 2.05) is 11.8 Å². The van der Waals surface area contributed by atoms with E-state index >= 15 is 0 Å². The van der Waals surface area contributed by atoms with Crippen LogP contribution in [0, 0.1) is 5.41 Å². The third-order valence-electron chi connectivity index (χ3n) is 5.52. The quantitative estimate of drug-likeness (QED) is 0.696. The molecule has 3 rings (SSSR count). The van der Waals surface area contributed by atoms with Crippen molar-refractivity contribution < 1.29 is 14.3 Å². The SMILES string of the molecule is COC(=O)CC1(CSCC2CCC3(CCCCC3)O2)CC1. The molecule has 0 radical (unpaired) electrons. The molecule has 1 spiro atoms. The van der Waals surface area contributed by atoms with Crippen molar-refractivity contribution in [2.45, 2.75) is 75.9 Å². The van der Waals surface area contributed by atoms with Gasteiger partial charge in [0.15, 0.2) is 0 Å². The minimum absolute atomic E-state index is 0.0497. The summed E-state index contributed by atoms with van der Waals surface area (Å²) in [6.07, 6.45) is 12.6. The van der Waals surface area contributed by atoms with Gasteiger partial charge in [-0.3, -0.25) is 4.79 Å². The molecule has 4 heteroatoms. The number of ether oxygens (including phenoxy) is 2. The van der Waals surface area contributed by atoms with E-state index in [9.17, 15) is 4.79 Å². The molecule has 0 N–H and O–H groups in total. The van der Waals surface area contributed by atoms with Gasteiger partial charge in [-0.05, 0) is 49.7 Å². The van der Waals surface area contributed by atoms with Gasteiger partial charge in [-0.25, -0.2) is 0 Å². The first-order chi connectivity index (χ1) is 10.2. The minimum Gasteiger partial charge on any atom is -0.469 e. The van der Waals surface area contributed by atoms with Gasteiger partial charge in [-0.15, -0.1) is 0 Å². The van der Waals surface area contributed by atoms with Gasteiger partial charge in [0.05, 0.1) is 25.2 Å². The Kier molecular flexibility index (Phi) is 4.84. The summed E-state index contributed by atoms with van der Waals surface area (Å²) < 4.78 is 11.2. The van der Waals surface area contributed by atoms with E-state index < -0.39 is 0 Å². The van der Waals surface area contributed by atoms with Gasteiger partial charge in [0.1, 0.15) is 0 Å². The van der Waals surface area contributed by atoms with Crippen LogP contribution in [0.3, 0.4) is 0 Å². The van der Waals surface area contributed by atoms with Gasteiger partial charge in [0.2, 0.25) is 0 Å². The van der Waals surface area contributed by atoms with Crippen LogP contribution in [-0.2, 0) is 14.3 Å². The molecular weight excluding hydrogens is 284 g/mol. The van der Waals surface area contributed by atoms with Crippen LogP contribution >= 0.6 is 11.8 Å². The summed E-state index contributed by atoms with van der Waals surface area (Å²) in [5, 5.41) is 0. The van der Waals surface area contributed by atoms with E-state index in [0.717, 1.165) is 11.5 Å². The summed E-state index contributed by atoms with van der Waals surface area (Å²) in [7, 11) is 1.49. The topological polar surface area (TPSA) is 35.5 Å². The van der Waals surface area contributed by atoms with Gasteiger partial charge < -0.3 is 9.47 Å². The molecule has 1 aliphatic heterocycles. The average molecular weight is 312 g/mol. The minimum atomic E-state index is -0.0497. The molecule has 2 aliphatic carbocycles. The number of carbonyl (C=O) groups excluding carboxylic acids is 1.